The first-order chi connectivity index (χ1) is 16.2. The molecule has 2 aliphatic rings. The van der Waals surface area contributed by atoms with E-state index >= 15 is 0 Å². The zero-order valence-corrected chi connectivity index (χ0v) is 20.0. The molecule has 3 N–H and O–H groups in total. The van der Waals surface area contributed by atoms with E-state index in [0.717, 1.165) is 0 Å². The van der Waals surface area contributed by atoms with Gasteiger partial charge >= 0.3 is 0 Å². The topological polar surface area (TPSA) is 128 Å². The second-order valence-electron chi connectivity index (χ2n) is 9.14. The quantitative estimate of drug-likeness (QED) is 0.570. The largest absolute Gasteiger partial charge is 0.491 e. The van der Waals surface area contributed by atoms with Crippen LogP contribution in [0.3, 0.4) is 0 Å². The molecular formula is C24H34N4O6. The molecule has 1 aromatic carbocycles. The summed E-state index contributed by atoms with van der Waals surface area (Å²) >= 11 is 0. The summed E-state index contributed by atoms with van der Waals surface area (Å²) in [6.07, 6.45) is -0.503. The van der Waals surface area contributed by atoms with Gasteiger partial charge in [-0.05, 0) is 31.4 Å². The van der Waals surface area contributed by atoms with Crippen molar-refractivity contribution in [2.24, 2.45) is 5.92 Å². The molecule has 0 aliphatic carbocycles. The number of carbonyl (C=O) groups excluding carboxylic acids is 4. The van der Waals surface area contributed by atoms with Crippen LogP contribution in [0.5, 0.6) is 5.75 Å². The van der Waals surface area contributed by atoms with Crippen molar-refractivity contribution in [1.29, 1.82) is 0 Å². The van der Waals surface area contributed by atoms with Gasteiger partial charge in [0.1, 0.15) is 24.4 Å². The predicted molar refractivity (Wildman–Crippen MR) is 124 cm³/mol. The van der Waals surface area contributed by atoms with Crippen LogP contribution >= 0.6 is 0 Å². The number of amides is 4. The third-order valence-corrected chi connectivity index (χ3v) is 5.95. The number of nitrogens with zero attached hydrogens (tertiary/aromatic N) is 2. The highest BCUT2D eigenvalue weighted by atomic mass is 16.5. The van der Waals surface area contributed by atoms with Crippen molar-refractivity contribution in [1.82, 2.24) is 20.4 Å². The maximum atomic E-state index is 13.2. The van der Waals surface area contributed by atoms with E-state index in [9.17, 15) is 24.3 Å². The number of benzene rings is 1. The number of para-hydroxylation sites is 1. The zero-order valence-electron chi connectivity index (χ0n) is 20.0. The molecule has 34 heavy (non-hydrogen) atoms. The molecule has 2 atom stereocenters. The van der Waals surface area contributed by atoms with Crippen molar-refractivity contribution in [2.45, 2.75) is 51.8 Å². The summed E-state index contributed by atoms with van der Waals surface area (Å²) in [5, 5.41) is 15.0. The van der Waals surface area contributed by atoms with Gasteiger partial charge in [-0.25, -0.2) is 0 Å². The van der Waals surface area contributed by atoms with Gasteiger partial charge in [0.15, 0.2) is 0 Å². The first-order valence-electron chi connectivity index (χ1n) is 11.8. The summed E-state index contributed by atoms with van der Waals surface area (Å²) in [5.41, 5.74) is 0.230. The summed E-state index contributed by atoms with van der Waals surface area (Å²) in [6.45, 7) is 6.97. The molecule has 10 heteroatoms. The van der Waals surface area contributed by atoms with E-state index in [1.807, 2.05) is 20.8 Å². The van der Waals surface area contributed by atoms with E-state index in [4.69, 9.17) is 4.74 Å². The molecule has 0 bridgehead atoms. The number of likely N-dealkylation sites (tertiary alicyclic amines) is 1. The number of hydrogen-bond donors (Lipinski definition) is 3. The second-order valence-corrected chi connectivity index (χ2v) is 9.14. The maximum Gasteiger partial charge on any atom is 0.255 e. The fraction of sp³-hybridized carbons (Fsp3) is 0.583. The molecule has 0 saturated carbocycles. The Morgan fingerprint density at radius 2 is 1.88 bits per heavy atom. The minimum absolute atomic E-state index is 0.145. The standard InChI is InChI=1S/C24H34N4O6/c1-4-27-9-10-34-20-8-6-5-7-17(20)22(31)26-19(24(33)28-13-16(29)14-28)12-21(30)25-18(23(27)32)11-15(2)3/h5-8,15-16,18-19,29H,4,9-14H2,1-3H3,(H,25,30)(H,26,31)/t18-,19-/m0/s1. The fourth-order valence-corrected chi connectivity index (χ4v) is 4.11. The van der Waals surface area contributed by atoms with E-state index < -0.39 is 35.9 Å². The Labute approximate surface area is 199 Å². The highest BCUT2D eigenvalue weighted by Gasteiger charge is 2.36. The molecule has 10 nitrogen and oxygen atoms in total. The lowest BCUT2D eigenvalue weighted by Crippen LogP contribution is -2.60. The molecule has 3 rings (SSSR count). The van der Waals surface area contributed by atoms with E-state index in [2.05, 4.69) is 10.6 Å². The van der Waals surface area contributed by atoms with Crippen molar-refractivity contribution in [2.75, 3.05) is 32.8 Å². The minimum atomic E-state index is -1.15. The van der Waals surface area contributed by atoms with Gasteiger partial charge < -0.3 is 30.3 Å². The van der Waals surface area contributed by atoms with Crippen LogP contribution in [0.2, 0.25) is 0 Å². The fourth-order valence-electron chi connectivity index (χ4n) is 4.11. The predicted octanol–water partition coefficient (Wildman–Crippen LogP) is 0.150. The highest BCUT2D eigenvalue weighted by Crippen LogP contribution is 2.20. The van der Waals surface area contributed by atoms with E-state index in [1.54, 1.807) is 29.2 Å². The number of hydrogen-bond acceptors (Lipinski definition) is 6. The maximum absolute atomic E-state index is 13.2. The minimum Gasteiger partial charge on any atom is -0.491 e. The number of rotatable bonds is 4. The molecular weight excluding hydrogens is 440 g/mol. The number of ether oxygens (including phenoxy) is 1. The molecule has 0 aromatic heterocycles. The van der Waals surface area contributed by atoms with Crippen LogP contribution in [0.1, 0.15) is 44.0 Å². The van der Waals surface area contributed by atoms with Gasteiger partial charge in [0.2, 0.25) is 17.7 Å². The van der Waals surface area contributed by atoms with E-state index in [-0.39, 0.29) is 43.5 Å². The highest BCUT2D eigenvalue weighted by molar-refractivity contribution is 6.01. The molecule has 0 unspecified atom stereocenters. The van der Waals surface area contributed by atoms with E-state index in [1.165, 1.54) is 4.90 Å². The van der Waals surface area contributed by atoms with Crippen LogP contribution in [0.25, 0.3) is 0 Å². The molecule has 1 saturated heterocycles. The Balaban J connectivity index is 1.91. The number of aliphatic hydroxyl groups excluding tert-OH is 1. The smallest absolute Gasteiger partial charge is 0.255 e. The van der Waals surface area contributed by atoms with Gasteiger partial charge in [-0.3, -0.25) is 19.2 Å². The SMILES string of the molecule is CCN1CCOc2ccccc2C(=O)N[C@H](C(=O)N2CC(O)C2)CC(=O)N[C@@H](CC(C)C)C1=O. The van der Waals surface area contributed by atoms with Crippen molar-refractivity contribution >= 4 is 23.6 Å². The number of fused-ring (bicyclic) bond motifs is 1. The lowest BCUT2D eigenvalue weighted by molar-refractivity contribution is -0.145. The molecule has 1 aromatic rings. The average molecular weight is 475 g/mol. The number of likely N-dealkylation sites (N-methyl/N-ethyl adjacent to an activating group) is 1. The first-order valence-corrected chi connectivity index (χ1v) is 11.8. The first kappa shape index (κ1) is 25.5. The number of aliphatic hydroxyl groups is 1. The van der Waals surface area contributed by atoms with Crippen molar-refractivity contribution in [3.63, 3.8) is 0 Å². The summed E-state index contributed by atoms with van der Waals surface area (Å²) < 4.78 is 5.84. The van der Waals surface area contributed by atoms with Gasteiger partial charge in [-0.15, -0.1) is 0 Å². The van der Waals surface area contributed by atoms with Crippen molar-refractivity contribution in [3.8, 4) is 5.75 Å². The zero-order chi connectivity index (χ0) is 24.8. The summed E-state index contributed by atoms with van der Waals surface area (Å²) in [7, 11) is 0. The van der Waals surface area contributed by atoms with Crippen LogP contribution in [-0.4, -0.2) is 89.5 Å². The Morgan fingerprint density at radius 3 is 2.53 bits per heavy atom. The molecule has 0 radical (unpaired) electrons. The molecule has 186 valence electrons. The third-order valence-electron chi connectivity index (χ3n) is 5.95. The van der Waals surface area contributed by atoms with Crippen LogP contribution in [0.4, 0.5) is 0 Å². The van der Waals surface area contributed by atoms with Crippen LogP contribution in [-0.2, 0) is 14.4 Å². The number of nitrogens with one attached hydrogen (secondary N) is 2. The second kappa shape index (κ2) is 11.3. The average Bonchev–Trinajstić information content (AvgIpc) is 2.77. The Kier molecular flexibility index (Phi) is 8.49. The molecule has 2 aliphatic heterocycles. The molecule has 1 fully saturated rings. The summed E-state index contributed by atoms with van der Waals surface area (Å²) in [6, 6.07) is 4.74. The van der Waals surface area contributed by atoms with Crippen LogP contribution in [0.15, 0.2) is 24.3 Å². The number of carbonyl (C=O) groups is 4. The monoisotopic (exact) mass is 474 g/mol. The Hall–Kier alpha value is -3.14. The lowest BCUT2D eigenvalue weighted by atomic mass is 10.0. The van der Waals surface area contributed by atoms with E-state index in [0.29, 0.717) is 25.3 Å². The van der Waals surface area contributed by atoms with Gasteiger partial charge in [0.25, 0.3) is 5.91 Å². The van der Waals surface area contributed by atoms with Gasteiger partial charge in [0.05, 0.1) is 24.6 Å². The van der Waals surface area contributed by atoms with Crippen molar-refractivity contribution < 1.29 is 29.0 Å². The molecule has 2 heterocycles. The van der Waals surface area contributed by atoms with Gasteiger partial charge in [0, 0.05) is 19.6 Å². The van der Waals surface area contributed by atoms with Crippen molar-refractivity contribution in [3.05, 3.63) is 29.8 Å². The van der Waals surface area contributed by atoms with Gasteiger partial charge in [-0.2, -0.15) is 0 Å². The molecule has 4 amide bonds. The molecule has 0 spiro atoms. The normalized spacial score (nSPS) is 22.8. The van der Waals surface area contributed by atoms with Crippen LogP contribution < -0.4 is 15.4 Å². The third kappa shape index (κ3) is 6.25. The summed E-state index contributed by atoms with van der Waals surface area (Å²) in [4.78, 5) is 55.3. The van der Waals surface area contributed by atoms with Gasteiger partial charge in [-0.1, -0.05) is 26.0 Å². The summed E-state index contributed by atoms with van der Waals surface area (Å²) in [5.74, 6) is -1.24. The Morgan fingerprint density at radius 1 is 1.18 bits per heavy atom. The Bertz CT molecular complexity index is 914. The lowest BCUT2D eigenvalue weighted by Gasteiger charge is -2.38. The van der Waals surface area contributed by atoms with Crippen LogP contribution in [0, 0.1) is 5.92 Å². The number of β-amino-alcohol motifs (C(OH)–C–C–N with tert-alkyl or cyclic N) is 1.